The van der Waals surface area contributed by atoms with E-state index in [-0.39, 0.29) is 0 Å². The summed E-state index contributed by atoms with van der Waals surface area (Å²) in [6.45, 7) is 14.4. The van der Waals surface area contributed by atoms with Gasteiger partial charge in [-0.2, -0.15) is 0 Å². The Bertz CT molecular complexity index is 3370. The van der Waals surface area contributed by atoms with Crippen LogP contribution in [-0.4, -0.2) is 9.13 Å². The number of rotatable bonds is 10. The van der Waals surface area contributed by atoms with E-state index < -0.39 is 0 Å². The zero-order valence-corrected chi connectivity index (χ0v) is 34.1. The van der Waals surface area contributed by atoms with E-state index in [4.69, 9.17) is 9.15 Å². The fourth-order valence-electron chi connectivity index (χ4n) is 8.98. The lowest BCUT2D eigenvalue weighted by Crippen LogP contribution is -1.99. The number of allylic oxidation sites excluding steroid dienone is 4. The molecule has 0 bridgehead atoms. The van der Waals surface area contributed by atoms with E-state index in [2.05, 4.69) is 189 Å². The fraction of sp³-hybridized carbons (Fsp3) is 0.0714. The second kappa shape index (κ2) is 15.0. The third-order valence-electron chi connectivity index (χ3n) is 11.7. The quantitative estimate of drug-likeness (QED) is 0.102. The van der Waals surface area contributed by atoms with Crippen LogP contribution in [0, 0.1) is 6.92 Å². The highest BCUT2D eigenvalue weighted by Gasteiger charge is 2.21. The smallest absolute Gasteiger partial charge is 0.140 e. The first-order valence-corrected chi connectivity index (χ1v) is 20.6. The third kappa shape index (κ3) is 5.99. The van der Waals surface area contributed by atoms with Crippen LogP contribution in [0.1, 0.15) is 30.7 Å². The Morgan fingerprint density at radius 1 is 0.617 bits per heavy atom. The molecule has 60 heavy (non-hydrogen) atoms. The lowest BCUT2D eigenvalue weighted by atomic mass is 10.00. The maximum Gasteiger partial charge on any atom is 0.140 e. The van der Waals surface area contributed by atoms with Crippen LogP contribution in [0.4, 0.5) is 0 Å². The number of aryl methyl sites for hydroxylation is 1. The van der Waals surface area contributed by atoms with Gasteiger partial charge in [-0.25, -0.2) is 0 Å². The molecule has 4 nitrogen and oxygen atoms in total. The summed E-state index contributed by atoms with van der Waals surface area (Å²) in [4.78, 5) is 0. The first kappa shape index (κ1) is 36.8. The van der Waals surface area contributed by atoms with Crippen molar-refractivity contribution in [2.75, 3.05) is 0 Å². The molecule has 0 aliphatic heterocycles. The van der Waals surface area contributed by atoms with Crippen LogP contribution in [0.2, 0.25) is 0 Å². The standard InChI is InChI=1S/C56H44N2O2/c1-6-15-43(8-3)59-56-36(5)21-29-52-55(56)48-35-39(40-26-32-54-47(34-40)45-19-13-14-20-53(45)60-54)25-31-51(48)58(52)42-27-22-37(23-28-42)38-24-30-50-46(33-38)44(16-7-2)49(9-4)57(50)41-17-11-10-12-18-41/h6-8,10-35H,1,3,9H2,2,4-5H3/b16-7-,43-15+. The van der Waals surface area contributed by atoms with E-state index in [0.717, 1.165) is 83.9 Å². The Labute approximate surface area is 349 Å². The minimum atomic E-state index is 0.638. The van der Waals surface area contributed by atoms with Crippen LogP contribution in [0.5, 0.6) is 5.75 Å². The average molecular weight is 777 g/mol. The van der Waals surface area contributed by atoms with Crippen LogP contribution in [0.3, 0.4) is 0 Å². The Hall–Kier alpha value is -7.56. The molecule has 0 radical (unpaired) electrons. The van der Waals surface area contributed by atoms with Gasteiger partial charge in [-0.1, -0.05) is 111 Å². The van der Waals surface area contributed by atoms with E-state index in [0.29, 0.717) is 5.76 Å². The van der Waals surface area contributed by atoms with E-state index >= 15 is 0 Å². The van der Waals surface area contributed by atoms with Crippen molar-refractivity contribution in [1.82, 2.24) is 9.13 Å². The molecule has 0 fully saturated rings. The van der Waals surface area contributed by atoms with Crippen molar-refractivity contribution in [2.24, 2.45) is 0 Å². The zero-order chi connectivity index (χ0) is 40.9. The lowest BCUT2D eigenvalue weighted by Gasteiger charge is -2.13. The van der Waals surface area contributed by atoms with Gasteiger partial charge < -0.3 is 18.3 Å². The molecule has 0 atom stereocenters. The molecule has 0 saturated heterocycles. The number of fused-ring (bicyclic) bond motifs is 7. The maximum atomic E-state index is 6.67. The van der Waals surface area contributed by atoms with Gasteiger partial charge in [-0.05, 0) is 133 Å². The summed E-state index contributed by atoms with van der Waals surface area (Å²) >= 11 is 0. The van der Waals surface area contributed by atoms with Gasteiger partial charge in [0.05, 0.1) is 21.9 Å². The number of hydrogen-bond acceptors (Lipinski definition) is 2. The molecule has 3 heterocycles. The van der Waals surface area contributed by atoms with Gasteiger partial charge in [0, 0.05) is 44.2 Å². The van der Waals surface area contributed by atoms with Crippen molar-refractivity contribution in [1.29, 1.82) is 0 Å². The molecule has 0 aliphatic rings. The molecule has 0 N–H and O–H groups in total. The molecule has 4 heteroatoms. The molecule has 0 unspecified atom stereocenters. The normalized spacial score (nSPS) is 12.2. The van der Waals surface area contributed by atoms with E-state index in [1.54, 1.807) is 12.2 Å². The number of nitrogens with zero attached hydrogens (tertiary/aromatic N) is 2. The van der Waals surface area contributed by atoms with Gasteiger partial charge in [0.25, 0.3) is 0 Å². The molecule has 3 aromatic heterocycles. The molecular weight excluding hydrogens is 733 g/mol. The van der Waals surface area contributed by atoms with Crippen molar-refractivity contribution >= 4 is 60.7 Å². The topological polar surface area (TPSA) is 32.2 Å². The SMILES string of the molecule is C=C/C=C(\C=C)Oc1c(C)ccc2c1c1cc(-c3ccc4oc5ccccc5c4c3)ccc1n2-c1ccc(-c2ccc3c(c2)c(/C=C\C)c(CC)n3-c2ccccc2)cc1. The highest BCUT2D eigenvalue weighted by atomic mass is 16.5. The first-order chi connectivity index (χ1) is 29.5. The van der Waals surface area contributed by atoms with Crippen molar-refractivity contribution in [3.63, 3.8) is 0 Å². The molecule has 0 saturated carbocycles. The highest BCUT2D eigenvalue weighted by Crippen LogP contribution is 2.43. The summed E-state index contributed by atoms with van der Waals surface area (Å²) in [5, 5.41) is 5.61. The summed E-state index contributed by atoms with van der Waals surface area (Å²) in [6.07, 6.45) is 10.6. The van der Waals surface area contributed by atoms with Gasteiger partial charge in [0.2, 0.25) is 0 Å². The summed E-state index contributed by atoms with van der Waals surface area (Å²) in [5.74, 6) is 1.44. The molecule has 0 amide bonds. The molecule has 10 rings (SSSR count). The molecule has 0 aliphatic carbocycles. The molecular formula is C56H44N2O2. The van der Waals surface area contributed by atoms with Gasteiger partial charge in [-0.3, -0.25) is 0 Å². The number of hydrogen-bond donors (Lipinski definition) is 0. The molecule has 10 aromatic rings. The third-order valence-corrected chi connectivity index (χ3v) is 11.7. The number of furan rings is 1. The van der Waals surface area contributed by atoms with E-state index in [1.165, 1.54) is 33.4 Å². The van der Waals surface area contributed by atoms with E-state index in [1.807, 2.05) is 18.2 Å². The van der Waals surface area contributed by atoms with Crippen LogP contribution in [0.15, 0.2) is 193 Å². The van der Waals surface area contributed by atoms with Crippen LogP contribution >= 0.6 is 0 Å². The Kier molecular flexibility index (Phi) is 9.18. The predicted octanol–water partition coefficient (Wildman–Crippen LogP) is 15.5. The fourth-order valence-corrected chi connectivity index (χ4v) is 8.98. The van der Waals surface area contributed by atoms with E-state index in [9.17, 15) is 0 Å². The monoisotopic (exact) mass is 776 g/mol. The Morgan fingerprint density at radius 3 is 1.97 bits per heavy atom. The lowest BCUT2D eigenvalue weighted by molar-refractivity contribution is 0.447. The first-order valence-electron chi connectivity index (χ1n) is 20.6. The molecule has 290 valence electrons. The van der Waals surface area contributed by atoms with Crippen molar-refractivity contribution in [3.05, 3.63) is 206 Å². The maximum absolute atomic E-state index is 6.67. The zero-order valence-electron chi connectivity index (χ0n) is 34.1. The minimum absolute atomic E-state index is 0.638. The van der Waals surface area contributed by atoms with Crippen molar-refractivity contribution < 1.29 is 9.15 Å². The Balaban J connectivity index is 1.13. The van der Waals surface area contributed by atoms with Crippen molar-refractivity contribution in [3.8, 4) is 39.4 Å². The van der Waals surface area contributed by atoms with Crippen LogP contribution < -0.4 is 4.74 Å². The number of aromatic nitrogens is 2. The van der Waals surface area contributed by atoms with Crippen molar-refractivity contribution in [2.45, 2.75) is 27.2 Å². The minimum Gasteiger partial charge on any atom is -0.456 e. The van der Waals surface area contributed by atoms with Gasteiger partial charge in [0.15, 0.2) is 0 Å². The Morgan fingerprint density at radius 2 is 1.23 bits per heavy atom. The summed E-state index contributed by atoms with van der Waals surface area (Å²) in [5.41, 5.74) is 15.6. The predicted molar refractivity (Wildman–Crippen MR) is 254 cm³/mol. The molecule has 0 spiro atoms. The van der Waals surface area contributed by atoms with Gasteiger partial charge in [-0.15, -0.1) is 0 Å². The summed E-state index contributed by atoms with van der Waals surface area (Å²) in [7, 11) is 0. The summed E-state index contributed by atoms with van der Waals surface area (Å²) in [6, 6.07) is 52.3. The second-order valence-corrected chi connectivity index (χ2v) is 15.3. The largest absolute Gasteiger partial charge is 0.456 e. The number of ether oxygens (including phenoxy) is 1. The number of benzene rings is 7. The van der Waals surface area contributed by atoms with Gasteiger partial charge in [0.1, 0.15) is 22.7 Å². The molecule has 7 aromatic carbocycles. The second-order valence-electron chi connectivity index (χ2n) is 15.3. The summed E-state index contributed by atoms with van der Waals surface area (Å²) < 4.78 is 17.6. The van der Waals surface area contributed by atoms with Crippen LogP contribution in [-0.2, 0) is 6.42 Å². The van der Waals surface area contributed by atoms with Crippen LogP contribution in [0.25, 0.3) is 94.4 Å². The van der Waals surface area contributed by atoms with Gasteiger partial charge >= 0.3 is 0 Å². The average Bonchev–Trinajstić information content (AvgIpc) is 3.94. The number of para-hydroxylation sites is 2. The highest BCUT2D eigenvalue weighted by molar-refractivity contribution is 6.14.